The quantitative estimate of drug-likeness (QED) is 0.693. The van der Waals surface area contributed by atoms with Crippen molar-refractivity contribution in [3.05, 3.63) is 35.9 Å². The minimum absolute atomic E-state index is 0.0377. The molecule has 0 bridgehead atoms. The summed E-state index contributed by atoms with van der Waals surface area (Å²) in [6.07, 6.45) is 3.12. The molecule has 2 N–H and O–H groups in total. The van der Waals surface area contributed by atoms with Crippen molar-refractivity contribution in [1.29, 1.82) is 0 Å². The number of amides is 2. The van der Waals surface area contributed by atoms with Crippen LogP contribution in [0.15, 0.2) is 30.3 Å². The zero-order chi connectivity index (χ0) is 16.5. The lowest BCUT2D eigenvalue weighted by Crippen LogP contribution is -2.57. The second kappa shape index (κ2) is 9.57. The van der Waals surface area contributed by atoms with Crippen LogP contribution in [0.1, 0.15) is 12.0 Å². The minimum Gasteiger partial charge on any atom is -0.355 e. The lowest BCUT2D eigenvalue weighted by atomic mass is 10.1. The maximum atomic E-state index is 12.1. The largest absolute Gasteiger partial charge is 0.355 e. The Labute approximate surface area is 142 Å². The normalized spacial score (nSPS) is 18.5. The Morgan fingerprint density at radius 2 is 2.17 bits per heavy atom. The first-order valence-electron chi connectivity index (χ1n) is 8.02. The molecule has 0 radical (unpaired) electrons. The lowest BCUT2D eigenvalue weighted by molar-refractivity contribution is -0.133. The Morgan fingerprint density at radius 3 is 2.91 bits per heavy atom. The number of nitrogens with one attached hydrogen (secondary N) is 2. The average Bonchev–Trinajstić information content (AvgIpc) is 2.56. The fourth-order valence-electron chi connectivity index (χ4n) is 2.71. The van der Waals surface area contributed by atoms with E-state index in [-0.39, 0.29) is 24.3 Å². The van der Waals surface area contributed by atoms with Crippen LogP contribution in [-0.2, 0) is 16.0 Å². The van der Waals surface area contributed by atoms with Crippen LogP contribution in [0.5, 0.6) is 0 Å². The van der Waals surface area contributed by atoms with Crippen LogP contribution < -0.4 is 10.6 Å². The zero-order valence-electron chi connectivity index (χ0n) is 13.6. The summed E-state index contributed by atoms with van der Waals surface area (Å²) in [5.41, 5.74) is 1.25. The molecule has 1 atom stereocenters. The molecule has 0 saturated carbocycles. The second-order valence-corrected chi connectivity index (χ2v) is 6.61. The van der Waals surface area contributed by atoms with Crippen molar-refractivity contribution in [3.63, 3.8) is 0 Å². The average molecular weight is 335 g/mol. The maximum Gasteiger partial charge on any atom is 0.237 e. The molecule has 1 aromatic rings. The monoisotopic (exact) mass is 335 g/mol. The number of carbonyl (C=O) groups is 2. The van der Waals surface area contributed by atoms with Gasteiger partial charge in [0.25, 0.3) is 0 Å². The zero-order valence-corrected chi connectivity index (χ0v) is 14.4. The van der Waals surface area contributed by atoms with Crippen LogP contribution >= 0.6 is 11.8 Å². The first-order valence-corrected chi connectivity index (χ1v) is 9.41. The van der Waals surface area contributed by atoms with Gasteiger partial charge in [-0.3, -0.25) is 14.5 Å². The fraction of sp³-hybridized carbons (Fsp3) is 0.529. The van der Waals surface area contributed by atoms with Gasteiger partial charge in [0.15, 0.2) is 0 Å². The first-order chi connectivity index (χ1) is 11.2. The summed E-state index contributed by atoms with van der Waals surface area (Å²) in [5.74, 6) is 0.801. The molecule has 1 unspecified atom stereocenters. The van der Waals surface area contributed by atoms with Gasteiger partial charge in [-0.15, -0.1) is 0 Å². The summed E-state index contributed by atoms with van der Waals surface area (Å²) in [6.45, 7) is 2.89. The van der Waals surface area contributed by atoms with E-state index in [2.05, 4.69) is 27.7 Å². The predicted molar refractivity (Wildman–Crippen MR) is 94.5 cm³/mol. The molecule has 23 heavy (non-hydrogen) atoms. The van der Waals surface area contributed by atoms with Gasteiger partial charge in [0, 0.05) is 31.9 Å². The van der Waals surface area contributed by atoms with E-state index in [4.69, 9.17) is 0 Å². The maximum absolute atomic E-state index is 12.1. The van der Waals surface area contributed by atoms with E-state index in [0.29, 0.717) is 13.1 Å². The van der Waals surface area contributed by atoms with E-state index in [0.717, 1.165) is 25.3 Å². The Hall–Kier alpha value is -1.53. The van der Waals surface area contributed by atoms with Gasteiger partial charge in [0.2, 0.25) is 11.8 Å². The number of carbonyl (C=O) groups excluding carboxylic acids is 2. The first kappa shape index (κ1) is 17.8. The minimum atomic E-state index is -0.359. The number of piperazine rings is 1. The summed E-state index contributed by atoms with van der Waals surface area (Å²) in [4.78, 5) is 26.3. The van der Waals surface area contributed by atoms with Gasteiger partial charge in [-0.1, -0.05) is 30.3 Å². The van der Waals surface area contributed by atoms with Gasteiger partial charge in [-0.25, -0.2) is 0 Å². The van der Waals surface area contributed by atoms with Crippen molar-refractivity contribution in [2.24, 2.45) is 0 Å². The van der Waals surface area contributed by atoms with Crippen LogP contribution in [0.4, 0.5) is 0 Å². The Bertz CT molecular complexity index is 510. The second-order valence-electron chi connectivity index (χ2n) is 5.63. The summed E-state index contributed by atoms with van der Waals surface area (Å²) >= 11 is 1.69. The lowest BCUT2D eigenvalue weighted by Gasteiger charge is -2.34. The van der Waals surface area contributed by atoms with Gasteiger partial charge in [-0.05, 0) is 18.2 Å². The third-order valence-electron chi connectivity index (χ3n) is 3.98. The van der Waals surface area contributed by atoms with E-state index >= 15 is 0 Å². The van der Waals surface area contributed by atoms with E-state index in [9.17, 15) is 9.59 Å². The van der Waals surface area contributed by atoms with Gasteiger partial charge < -0.3 is 10.6 Å². The summed E-state index contributed by atoms with van der Waals surface area (Å²) < 4.78 is 0. The molecule has 1 heterocycles. The number of nitrogens with zero attached hydrogens (tertiary/aromatic N) is 1. The van der Waals surface area contributed by atoms with Crippen molar-refractivity contribution in [2.75, 3.05) is 38.2 Å². The fourth-order valence-corrected chi connectivity index (χ4v) is 3.02. The van der Waals surface area contributed by atoms with Crippen molar-refractivity contribution >= 4 is 23.6 Å². The smallest absolute Gasteiger partial charge is 0.237 e. The molecule has 0 spiro atoms. The number of hydrogen-bond donors (Lipinski definition) is 2. The molecule has 6 heteroatoms. The molecule has 1 aromatic carbocycles. The Balaban J connectivity index is 1.87. The molecule has 5 nitrogen and oxygen atoms in total. The van der Waals surface area contributed by atoms with Crippen molar-refractivity contribution < 1.29 is 9.59 Å². The summed E-state index contributed by atoms with van der Waals surface area (Å²) in [5, 5.41) is 5.75. The third kappa shape index (κ3) is 5.88. The summed E-state index contributed by atoms with van der Waals surface area (Å²) in [6, 6.07) is 9.87. The molecule has 2 amide bonds. The molecule has 1 aliphatic heterocycles. The number of hydrogen-bond acceptors (Lipinski definition) is 4. The highest BCUT2D eigenvalue weighted by molar-refractivity contribution is 7.98. The summed E-state index contributed by atoms with van der Waals surface area (Å²) in [7, 11) is 0. The van der Waals surface area contributed by atoms with Crippen LogP contribution in [-0.4, -0.2) is 60.9 Å². The molecule has 1 aliphatic rings. The van der Waals surface area contributed by atoms with Gasteiger partial charge >= 0.3 is 0 Å². The molecule has 0 aromatic heterocycles. The molecular formula is C17H25N3O2S. The van der Waals surface area contributed by atoms with Crippen LogP contribution in [0.3, 0.4) is 0 Å². The van der Waals surface area contributed by atoms with E-state index in [1.165, 1.54) is 5.56 Å². The molecule has 1 saturated heterocycles. The van der Waals surface area contributed by atoms with E-state index in [1.807, 2.05) is 24.5 Å². The van der Waals surface area contributed by atoms with Crippen molar-refractivity contribution in [3.8, 4) is 0 Å². The van der Waals surface area contributed by atoms with Crippen molar-refractivity contribution in [1.82, 2.24) is 15.5 Å². The highest BCUT2D eigenvalue weighted by Crippen LogP contribution is 2.11. The number of benzene rings is 1. The Kier molecular flexibility index (Phi) is 7.42. The van der Waals surface area contributed by atoms with Gasteiger partial charge in [0.1, 0.15) is 0 Å². The molecule has 126 valence electrons. The highest BCUT2D eigenvalue weighted by atomic mass is 32.2. The SMILES string of the molecule is CSCCNC(=O)CC1C(=O)NCCN1CCc1ccccc1. The van der Waals surface area contributed by atoms with Gasteiger partial charge in [-0.2, -0.15) is 11.8 Å². The molecular weight excluding hydrogens is 310 g/mol. The standard InChI is InChI=1S/C17H25N3O2S/c1-23-12-9-18-16(21)13-15-17(22)19-8-11-20(15)10-7-14-5-3-2-4-6-14/h2-6,15H,7-13H2,1H3,(H,18,21)(H,19,22). The van der Waals surface area contributed by atoms with Gasteiger partial charge in [0.05, 0.1) is 12.5 Å². The van der Waals surface area contributed by atoms with Crippen LogP contribution in [0.25, 0.3) is 0 Å². The Morgan fingerprint density at radius 1 is 1.39 bits per heavy atom. The molecule has 2 rings (SSSR count). The van der Waals surface area contributed by atoms with Crippen molar-refractivity contribution in [2.45, 2.75) is 18.9 Å². The molecule has 1 fully saturated rings. The van der Waals surface area contributed by atoms with Crippen LogP contribution in [0, 0.1) is 0 Å². The number of rotatable bonds is 8. The van der Waals surface area contributed by atoms with E-state index in [1.54, 1.807) is 11.8 Å². The van der Waals surface area contributed by atoms with E-state index < -0.39 is 0 Å². The molecule has 0 aliphatic carbocycles. The number of thioether (sulfide) groups is 1. The van der Waals surface area contributed by atoms with Crippen LogP contribution in [0.2, 0.25) is 0 Å². The topological polar surface area (TPSA) is 61.4 Å². The highest BCUT2D eigenvalue weighted by Gasteiger charge is 2.31. The predicted octanol–water partition coefficient (Wildman–Crippen LogP) is 0.899. The third-order valence-corrected chi connectivity index (χ3v) is 4.59.